The van der Waals surface area contributed by atoms with Gasteiger partial charge in [-0.15, -0.1) is 0 Å². The van der Waals surface area contributed by atoms with Crippen molar-refractivity contribution in [3.05, 3.63) is 29.3 Å². The molecule has 2 aromatic rings. The Morgan fingerprint density at radius 2 is 2.08 bits per heavy atom. The molecule has 0 bridgehead atoms. The summed E-state index contributed by atoms with van der Waals surface area (Å²) in [5, 5.41) is 10.0. The molecule has 2 aromatic heterocycles. The second-order valence-electron chi connectivity index (χ2n) is 5.93. The maximum Gasteiger partial charge on any atom is 0.314 e. The molecule has 8 nitrogen and oxygen atoms in total. The minimum absolute atomic E-state index is 0.160. The Morgan fingerprint density at radius 1 is 1.32 bits per heavy atom. The van der Waals surface area contributed by atoms with Gasteiger partial charge < -0.3 is 10.2 Å². The number of nitrogens with zero attached hydrogens (tertiary/aromatic N) is 5. The van der Waals surface area contributed by atoms with Crippen molar-refractivity contribution in [2.45, 2.75) is 25.8 Å². The molecule has 0 spiro atoms. The summed E-state index contributed by atoms with van der Waals surface area (Å²) < 4.78 is 28.8. The molecule has 25 heavy (non-hydrogen) atoms. The Hall–Kier alpha value is -2.78. The van der Waals surface area contributed by atoms with Gasteiger partial charge in [-0.2, -0.15) is 10.2 Å². The van der Waals surface area contributed by atoms with E-state index in [4.69, 9.17) is 0 Å². The molecule has 0 atom stereocenters. The third kappa shape index (κ3) is 3.37. The first-order valence-corrected chi connectivity index (χ1v) is 7.78. The second kappa shape index (κ2) is 6.61. The summed E-state index contributed by atoms with van der Waals surface area (Å²) in [6, 6.07) is 0. The fourth-order valence-electron chi connectivity index (χ4n) is 2.94. The van der Waals surface area contributed by atoms with Gasteiger partial charge in [0.25, 0.3) is 6.43 Å². The molecule has 1 aliphatic heterocycles. The summed E-state index contributed by atoms with van der Waals surface area (Å²) in [4.78, 5) is 26.1. The van der Waals surface area contributed by atoms with Crippen LogP contribution in [0.25, 0.3) is 0 Å². The van der Waals surface area contributed by atoms with Crippen LogP contribution in [0, 0.1) is 0 Å². The Labute approximate surface area is 142 Å². The Bertz CT molecular complexity index is 813. The fraction of sp³-hybridized carbons (Fsp3) is 0.467. The van der Waals surface area contributed by atoms with Gasteiger partial charge in [-0.3, -0.25) is 19.0 Å². The summed E-state index contributed by atoms with van der Waals surface area (Å²) in [7, 11) is 3.29. The first kappa shape index (κ1) is 17.1. The minimum Gasteiger partial charge on any atom is -0.330 e. The molecule has 0 aliphatic carbocycles. The average molecular weight is 352 g/mol. The molecule has 0 fully saturated rings. The molecule has 10 heteroatoms. The topological polar surface area (TPSA) is 85.0 Å². The zero-order valence-electron chi connectivity index (χ0n) is 13.9. The highest BCUT2D eigenvalue weighted by Gasteiger charge is 2.28. The molecule has 3 heterocycles. The van der Waals surface area contributed by atoms with Crippen molar-refractivity contribution in [3.63, 3.8) is 0 Å². The number of hydrogen-bond acceptors (Lipinski definition) is 4. The van der Waals surface area contributed by atoms with Crippen molar-refractivity contribution >= 4 is 17.5 Å². The monoisotopic (exact) mass is 352 g/mol. The highest BCUT2D eigenvalue weighted by atomic mass is 19.3. The third-order valence-corrected chi connectivity index (χ3v) is 4.14. The number of carbonyl (C=O) groups excluding carboxylic acids is 2. The van der Waals surface area contributed by atoms with E-state index in [-0.39, 0.29) is 12.2 Å². The largest absolute Gasteiger partial charge is 0.330 e. The number of amides is 2. The fourth-order valence-corrected chi connectivity index (χ4v) is 2.94. The van der Waals surface area contributed by atoms with Crippen LogP contribution in [0.4, 0.5) is 14.5 Å². The molecule has 0 saturated heterocycles. The Kier molecular flexibility index (Phi) is 4.51. The van der Waals surface area contributed by atoms with Gasteiger partial charge in [0.1, 0.15) is 0 Å². The van der Waals surface area contributed by atoms with Crippen molar-refractivity contribution in [2.75, 3.05) is 11.9 Å². The molecule has 3 rings (SSSR count). The van der Waals surface area contributed by atoms with E-state index in [0.717, 1.165) is 22.4 Å². The first-order valence-electron chi connectivity index (χ1n) is 7.78. The maximum absolute atomic E-state index is 12.9. The van der Waals surface area contributed by atoms with Crippen molar-refractivity contribution in [1.82, 2.24) is 24.5 Å². The zero-order chi connectivity index (χ0) is 18.1. The van der Waals surface area contributed by atoms with E-state index >= 15 is 0 Å². The van der Waals surface area contributed by atoms with Crippen LogP contribution in [0.5, 0.6) is 0 Å². The van der Waals surface area contributed by atoms with Crippen LogP contribution in [0.15, 0.2) is 12.4 Å². The quantitative estimate of drug-likeness (QED) is 0.818. The van der Waals surface area contributed by atoms with Crippen LogP contribution in [-0.2, 0) is 36.6 Å². The van der Waals surface area contributed by atoms with E-state index in [2.05, 4.69) is 15.5 Å². The van der Waals surface area contributed by atoms with Gasteiger partial charge in [-0.25, -0.2) is 8.78 Å². The summed E-state index contributed by atoms with van der Waals surface area (Å²) in [5.74, 6) is -1.72. The van der Waals surface area contributed by atoms with E-state index in [9.17, 15) is 18.4 Å². The van der Waals surface area contributed by atoms with Gasteiger partial charge in [0.05, 0.1) is 11.9 Å². The number of hydrogen-bond donors (Lipinski definition) is 1. The van der Waals surface area contributed by atoms with E-state index in [1.54, 1.807) is 10.9 Å². The minimum atomic E-state index is -2.84. The number of alkyl halides is 2. The number of fused-ring (bicyclic) bond motifs is 1. The standard InChI is InChI=1S/C15H18F2N6O2/c1-21-8-10(12(20-21)13(16)17)19-14(24)15(25)23-5-3-4-11-9(7-23)6-18-22(11)2/h6,8,13H,3-5,7H2,1-2H3,(H,19,24). The van der Waals surface area contributed by atoms with E-state index in [0.29, 0.717) is 13.0 Å². The number of aryl methyl sites for hydroxylation is 2. The van der Waals surface area contributed by atoms with Gasteiger partial charge in [0, 0.05) is 44.6 Å². The number of halogens is 2. The van der Waals surface area contributed by atoms with Gasteiger partial charge in [-0.05, 0) is 12.8 Å². The van der Waals surface area contributed by atoms with Crippen LogP contribution in [0.1, 0.15) is 29.8 Å². The van der Waals surface area contributed by atoms with Crippen molar-refractivity contribution in [3.8, 4) is 0 Å². The third-order valence-electron chi connectivity index (χ3n) is 4.14. The summed E-state index contributed by atoms with van der Waals surface area (Å²) in [6.45, 7) is 0.680. The smallest absolute Gasteiger partial charge is 0.314 e. The molecule has 0 radical (unpaired) electrons. The normalized spacial score (nSPS) is 14.4. The molecular weight excluding hydrogens is 334 g/mol. The molecule has 0 saturated carbocycles. The van der Waals surface area contributed by atoms with E-state index in [1.165, 1.54) is 18.1 Å². The zero-order valence-corrected chi connectivity index (χ0v) is 13.9. The maximum atomic E-state index is 12.9. The summed E-state index contributed by atoms with van der Waals surface area (Å²) >= 11 is 0. The van der Waals surface area contributed by atoms with E-state index < -0.39 is 23.9 Å². The number of rotatable bonds is 2. The summed E-state index contributed by atoms with van der Waals surface area (Å²) in [6.07, 6.45) is 1.53. The first-order chi connectivity index (χ1) is 11.9. The van der Waals surface area contributed by atoms with Crippen LogP contribution < -0.4 is 5.32 Å². The molecule has 0 aromatic carbocycles. The predicted molar refractivity (Wildman–Crippen MR) is 83.7 cm³/mol. The Morgan fingerprint density at radius 3 is 2.80 bits per heavy atom. The molecule has 1 N–H and O–H groups in total. The molecule has 0 unspecified atom stereocenters. The van der Waals surface area contributed by atoms with Gasteiger partial charge in [-0.1, -0.05) is 0 Å². The van der Waals surface area contributed by atoms with Gasteiger partial charge >= 0.3 is 11.8 Å². The lowest BCUT2D eigenvalue weighted by Gasteiger charge is -2.19. The number of anilines is 1. The van der Waals surface area contributed by atoms with Gasteiger partial charge in [0.15, 0.2) is 5.69 Å². The molecule has 2 amide bonds. The van der Waals surface area contributed by atoms with Crippen LogP contribution in [-0.4, -0.2) is 42.8 Å². The lowest BCUT2D eigenvalue weighted by Crippen LogP contribution is -2.39. The highest BCUT2D eigenvalue weighted by molar-refractivity contribution is 6.39. The van der Waals surface area contributed by atoms with Gasteiger partial charge in [0.2, 0.25) is 0 Å². The van der Waals surface area contributed by atoms with Crippen molar-refractivity contribution in [2.24, 2.45) is 14.1 Å². The number of nitrogens with one attached hydrogen (secondary N) is 1. The summed E-state index contributed by atoms with van der Waals surface area (Å²) in [5.41, 5.74) is 1.19. The SMILES string of the molecule is Cn1cc(NC(=O)C(=O)N2CCCc3c(cnn3C)C2)c(C(F)F)n1. The van der Waals surface area contributed by atoms with Crippen LogP contribution in [0.3, 0.4) is 0 Å². The van der Waals surface area contributed by atoms with Crippen molar-refractivity contribution in [1.29, 1.82) is 0 Å². The lowest BCUT2D eigenvalue weighted by atomic mass is 10.2. The molecule has 1 aliphatic rings. The molecule has 134 valence electrons. The highest BCUT2D eigenvalue weighted by Crippen LogP contribution is 2.25. The molecular formula is C15H18F2N6O2. The van der Waals surface area contributed by atoms with Crippen molar-refractivity contribution < 1.29 is 18.4 Å². The Balaban J connectivity index is 1.74. The second-order valence-corrected chi connectivity index (χ2v) is 5.93. The average Bonchev–Trinajstić information content (AvgIpc) is 3.01. The number of carbonyl (C=O) groups is 2. The predicted octanol–water partition coefficient (Wildman–Crippen LogP) is 1.00. The lowest BCUT2D eigenvalue weighted by molar-refractivity contribution is -0.143. The van der Waals surface area contributed by atoms with E-state index in [1.807, 2.05) is 7.05 Å². The number of aromatic nitrogens is 4. The van der Waals surface area contributed by atoms with Crippen LogP contribution >= 0.6 is 0 Å². The van der Waals surface area contributed by atoms with Crippen LogP contribution in [0.2, 0.25) is 0 Å².